The van der Waals surface area contributed by atoms with Gasteiger partial charge in [0.25, 0.3) is 0 Å². The summed E-state index contributed by atoms with van der Waals surface area (Å²) in [4.78, 5) is 4.40. The van der Waals surface area contributed by atoms with Crippen molar-refractivity contribution in [3.63, 3.8) is 0 Å². The molecule has 0 spiro atoms. The van der Waals surface area contributed by atoms with Gasteiger partial charge in [-0.05, 0) is 55.9 Å². The van der Waals surface area contributed by atoms with Crippen molar-refractivity contribution in [2.24, 2.45) is 5.92 Å². The number of nitrogens with zero attached hydrogens (tertiary/aromatic N) is 1. The van der Waals surface area contributed by atoms with E-state index in [-0.39, 0.29) is 5.54 Å². The maximum Gasteiger partial charge on any atom is 0.0737 e. The molecule has 21 heavy (non-hydrogen) atoms. The van der Waals surface area contributed by atoms with Gasteiger partial charge in [-0.3, -0.25) is 4.98 Å². The van der Waals surface area contributed by atoms with Crippen molar-refractivity contribution in [3.05, 3.63) is 35.5 Å². The number of hydrogen-bond donors (Lipinski definition) is 1. The smallest absolute Gasteiger partial charge is 0.0737 e. The summed E-state index contributed by atoms with van der Waals surface area (Å²) in [5.41, 5.74) is 2.02. The van der Waals surface area contributed by atoms with Crippen LogP contribution in [0.5, 0.6) is 0 Å². The molecule has 0 saturated heterocycles. The van der Waals surface area contributed by atoms with E-state index in [1.165, 1.54) is 12.8 Å². The number of halogens is 2. The standard InChI is InChI=1S/C17H20Cl2N2/c1-12-4-7-17(11-18,8-5-12)21-15-6-9-20-16-10-13(19)2-3-14(15)16/h2-3,6,9-10,12H,4-5,7-8,11H2,1H3,(H,20,21). The van der Waals surface area contributed by atoms with Crippen molar-refractivity contribution in [3.8, 4) is 0 Å². The Morgan fingerprint density at radius 2 is 2.05 bits per heavy atom. The summed E-state index contributed by atoms with van der Waals surface area (Å²) in [6, 6.07) is 7.87. The van der Waals surface area contributed by atoms with E-state index >= 15 is 0 Å². The van der Waals surface area contributed by atoms with Gasteiger partial charge in [-0.15, -0.1) is 11.6 Å². The van der Waals surface area contributed by atoms with E-state index in [0.29, 0.717) is 10.9 Å². The van der Waals surface area contributed by atoms with Crippen molar-refractivity contribution in [1.29, 1.82) is 0 Å². The van der Waals surface area contributed by atoms with Crippen LogP contribution in [-0.2, 0) is 0 Å². The fourth-order valence-corrected chi connectivity index (χ4v) is 3.62. The van der Waals surface area contributed by atoms with E-state index in [0.717, 1.165) is 35.3 Å². The van der Waals surface area contributed by atoms with Crippen molar-refractivity contribution in [2.75, 3.05) is 11.2 Å². The average Bonchev–Trinajstić information content (AvgIpc) is 2.50. The second-order valence-electron chi connectivity index (χ2n) is 6.24. The number of fused-ring (bicyclic) bond motifs is 1. The van der Waals surface area contributed by atoms with E-state index in [1.807, 2.05) is 30.5 Å². The van der Waals surface area contributed by atoms with Gasteiger partial charge in [-0.2, -0.15) is 0 Å². The fraction of sp³-hybridized carbons (Fsp3) is 0.471. The second-order valence-corrected chi connectivity index (χ2v) is 6.95. The zero-order valence-corrected chi connectivity index (χ0v) is 13.7. The number of aromatic nitrogens is 1. The summed E-state index contributed by atoms with van der Waals surface area (Å²) in [7, 11) is 0. The summed E-state index contributed by atoms with van der Waals surface area (Å²) in [5.74, 6) is 1.44. The minimum atomic E-state index is 0.00197. The van der Waals surface area contributed by atoms with Gasteiger partial charge in [0.1, 0.15) is 0 Å². The third-order valence-electron chi connectivity index (χ3n) is 4.59. The minimum Gasteiger partial charge on any atom is -0.378 e. The maximum absolute atomic E-state index is 6.31. The first-order chi connectivity index (χ1) is 10.1. The number of pyridine rings is 1. The Kier molecular flexibility index (Phi) is 4.28. The SMILES string of the molecule is CC1CCC(CCl)(Nc2ccnc3cc(Cl)ccc23)CC1. The van der Waals surface area contributed by atoms with Gasteiger partial charge in [-0.1, -0.05) is 18.5 Å². The van der Waals surface area contributed by atoms with Gasteiger partial charge in [0, 0.05) is 28.2 Å². The Morgan fingerprint density at radius 1 is 1.29 bits per heavy atom. The van der Waals surface area contributed by atoms with Crippen LogP contribution in [0, 0.1) is 5.92 Å². The van der Waals surface area contributed by atoms with E-state index in [1.54, 1.807) is 0 Å². The van der Waals surface area contributed by atoms with Gasteiger partial charge in [0.2, 0.25) is 0 Å². The Morgan fingerprint density at radius 3 is 2.76 bits per heavy atom. The van der Waals surface area contributed by atoms with Gasteiger partial charge in [0.15, 0.2) is 0 Å². The van der Waals surface area contributed by atoms with Crippen LogP contribution in [0.4, 0.5) is 5.69 Å². The lowest BCUT2D eigenvalue weighted by Crippen LogP contribution is -2.43. The molecule has 1 N–H and O–H groups in total. The summed E-state index contributed by atoms with van der Waals surface area (Å²) in [6.45, 7) is 2.32. The molecule has 0 amide bonds. The van der Waals surface area contributed by atoms with E-state index in [2.05, 4.69) is 17.2 Å². The number of alkyl halides is 1. The summed E-state index contributed by atoms with van der Waals surface area (Å²) < 4.78 is 0. The van der Waals surface area contributed by atoms with Crippen LogP contribution in [0.25, 0.3) is 10.9 Å². The molecule has 112 valence electrons. The number of nitrogens with one attached hydrogen (secondary N) is 1. The van der Waals surface area contributed by atoms with Crippen molar-refractivity contribution in [1.82, 2.24) is 4.98 Å². The normalized spacial score (nSPS) is 26.0. The molecular weight excluding hydrogens is 303 g/mol. The first kappa shape index (κ1) is 14.9. The predicted molar refractivity (Wildman–Crippen MR) is 91.5 cm³/mol. The zero-order chi connectivity index (χ0) is 14.9. The third-order valence-corrected chi connectivity index (χ3v) is 5.34. The number of hydrogen-bond acceptors (Lipinski definition) is 2. The molecule has 1 aromatic heterocycles. The van der Waals surface area contributed by atoms with E-state index < -0.39 is 0 Å². The van der Waals surface area contributed by atoms with Crippen molar-refractivity contribution >= 4 is 39.8 Å². The minimum absolute atomic E-state index is 0.00197. The molecule has 1 aliphatic carbocycles. The lowest BCUT2D eigenvalue weighted by molar-refractivity contribution is 0.287. The van der Waals surface area contributed by atoms with Gasteiger partial charge in [0.05, 0.1) is 11.1 Å². The molecule has 0 radical (unpaired) electrons. The highest BCUT2D eigenvalue weighted by Crippen LogP contribution is 2.37. The lowest BCUT2D eigenvalue weighted by atomic mass is 9.78. The molecule has 1 aromatic carbocycles. The molecule has 3 rings (SSSR count). The van der Waals surface area contributed by atoms with Crippen molar-refractivity contribution in [2.45, 2.75) is 38.1 Å². The molecule has 1 heterocycles. The first-order valence-electron chi connectivity index (χ1n) is 7.50. The zero-order valence-electron chi connectivity index (χ0n) is 12.2. The van der Waals surface area contributed by atoms with Gasteiger partial charge >= 0.3 is 0 Å². The molecule has 4 heteroatoms. The van der Waals surface area contributed by atoms with Crippen LogP contribution < -0.4 is 5.32 Å². The Balaban J connectivity index is 1.93. The highest BCUT2D eigenvalue weighted by atomic mass is 35.5. The molecule has 2 aromatic rings. The topological polar surface area (TPSA) is 24.9 Å². The second kappa shape index (κ2) is 6.02. The van der Waals surface area contributed by atoms with Crippen molar-refractivity contribution < 1.29 is 0 Å². The Labute approximate surface area is 135 Å². The first-order valence-corrected chi connectivity index (χ1v) is 8.42. The molecule has 0 atom stereocenters. The molecule has 1 fully saturated rings. The lowest BCUT2D eigenvalue weighted by Gasteiger charge is -2.39. The predicted octanol–water partition coefficient (Wildman–Crippen LogP) is 5.49. The third kappa shape index (κ3) is 3.12. The van der Waals surface area contributed by atoms with E-state index in [4.69, 9.17) is 23.2 Å². The molecule has 0 unspecified atom stereocenters. The fourth-order valence-electron chi connectivity index (χ4n) is 3.12. The highest BCUT2D eigenvalue weighted by molar-refractivity contribution is 6.31. The molecule has 1 saturated carbocycles. The summed E-state index contributed by atoms with van der Waals surface area (Å²) in [6.07, 6.45) is 6.53. The molecule has 2 nitrogen and oxygen atoms in total. The number of rotatable bonds is 3. The quantitative estimate of drug-likeness (QED) is 0.756. The molecule has 0 aliphatic heterocycles. The van der Waals surface area contributed by atoms with Crippen LogP contribution in [-0.4, -0.2) is 16.4 Å². The summed E-state index contributed by atoms with van der Waals surface area (Å²) in [5, 5.41) is 5.53. The molecule has 1 aliphatic rings. The van der Waals surface area contributed by atoms with Crippen LogP contribution in [0.2, 0.25) is 5.02 Å². The number of benzene rings is 1. The monoisotopic (exact) mass is 322 g/mol. The largest absolute Gasteiger partial charge is 0.378 e. The Hall–Kier alpha value is -0.990. The van der Waals surface area contributed by atoms with Crippen LogP contribution in [0.1, 0.15) is 32.6 Å². The highest BCUT2D eigenvalue weighted by Gasteiger charge is 2.33. The van der Waals surface area contributed by atoms with Gasteiger partial charge < -0.3 is 5.32 Å². The van der Waals surface area contributed by atoms with Crippen LogP contribution in [0.3, 0.4) is 0 Å². The van der Waals surface area contributed by atoms with Crippen LogP contribution in [0.15, 0.2) is 30.5 Å². The summed E-state index contributed by atoms with van der Waals surface area (Å²) >= 11 is 12.4. The molecule has 0 bridgehead atoms. The van der Waals surface area contributed by atoms with Crippen LogP contribution >= 0.6 is 23.2 Å². The van der Waals surface area contributed by atoms with Gasteiger partial charge in [-0.25, -0.2) is 0 Å². The molecular formula is C17H20Cl2N2. The average molecular weight is 323 g/mol. The maximum atomic E-state index is 6.31. The Bertz CT molecular complexity index is 634. The number of anilines is 1. The van der Waals surface area contributed by atoms with E-state index in [9.17, 15) is 0 Å².